The lowest BCUT2D eigenvalue weighted by molar-refractivity contribution is -0.384. The van der Waals surface area contributed by atoms with Crippen LogP contribution in [0.15, 0.2) is 128 Å². The molecule has 36 heavy (non-hydrogen) atoms. The largest absolute Gasteiger partial charge is 0.355 e. The van der Waals surface area contributed by atoms with Crippen LogP contribution >= 0.6 is 0 Å². The molecule has 0 unspecified atom stereocenters. The summed E-state index contributed by atoms with van der Waals surface area (Å²) in [6, 6.07) is 39.2. The lowest BCUT2D eigenvalue weighted by atomic mass is 9.78. The number of benzene rings is 4. The fourth-order valence-electron chi connectivity index (χ4n) is 5.02. The fraction of sp³-hybridized carbons (Fsp3) is 0.0667. The van der Waals surface area contributed by atoms with Crippen LogP contribution in [0.2, 0.25) is 0 Å². The Bertz CT molecular complexity index is 1490. The van der Waals surface area contributed by atoms with E-state index >= 15 is 0 Å². The second kappa shape index (κ2) is 8.83. The molecule has 6 heteroatoms. The maximum atomic E-state index is 11.4. The molecular weight excluding hydrogens is 450 g/mol. The highest BCUT2D eigenvalue weighted by Gasteiger charge is 2.45. The van der Waals surface area contributed by atoms with Crippen LogP contribution in [0.5, 0.6) is 0 Å². The molecule has 0 saturated carbocycles. The Morgan fingerprint density at radius 1 is 0.778 bits per heavy atom. The minimum atomic E-state index is -0.868. The first-order chi connectivity index (χ1) is 17.7. The number of rotatable bonds is 5. The van der Waals surface area contributed by atoms with Gasteiger partial charge in [0.2, 0.25) is 0 Å². The average molecular weight is 474 g/mol. The van der Waals surface area contributed by atoms with Gasteiger partial charge in [0.05, 0.1) is 16.3 Å². The van der Waals surface area contributed by atoms with Gasteiger partial charge in [0.25, 0.3) is 5.69 Å². The Hall–Kier alpha value is -4.68. The molecule has 176 valence electrons. The number of nitrogens with zero attached hydrogens (tertiary/aromatic N) is 2. The summed E-state index contributed by atoms with van der Waals surface area (Å²) >= 11 is 0. The van der Waals surface area contributed by atoms with E-state index in [1.54, 1.807) is 12.1 Å². The molecule has 0 amide bonds. The van der Waals surface area contributed by atoms with E-state index in [0.29, 0.717) is 5.69 Å². The topological polar surface area (TPSA) is 69.3 Å². The summed E-state index contributed by atoms with van der Waals surface area (Å²) in [5, 5.41) is 15.0. The first-order valence-corrected chi connectivity index (χ1v) is 11.7. The minimum Gasteiger partial charge on any atom is -0.355 e. The fourth-order valence-corrected chi connectivity index (χ4v) is 5.02. The smallest absolute Gasteiger partial charge is 0.271 e. The zero-order valence-corrected chi connectivity index (χ0v) is 19.3. The van der Waals surface area contributed by atoms with Gasteiger partial charge in [-0.1, -0.05) is 84.9 Å². The van der Waals surface area contributed by atoms with Crippen LogP contribution in [-0.2, 0) is 10.3 Å². The highest BCUT2D eigenvalue weighted by atomic mass is 16.6. The number of anilines is 1. The van der Waals surface area contributed by atoms with Gasteiger partial charge in [-0.25, -0.2) is 0 Å². The van der Waals surface area contributed by atoms with Crippen LogP contribution < -0.4 is 5.32 Å². The SMILES string of the molecule is O=[N+]([O-])c1cccc(-n2cccc2[C@H]2Nc3ccccc3C(c3ccccc3)(c3ccccc3)O2)c1. The standard InChI is InChI=1S/C30H23N3O3/c34-33(35)25-16-9-15-24(21-25)32-20-10-19-28(32)29-31-27-18-8-7-17-26(27)30(36-29,22-11-3-1-4-12-22)23-13-5-2-6-14-23/h1-21,29,31H/t29-/m0/s1. The predicted molar refractivity (Wildman–Crippen MR) is 139 cm³/mol. The van der Waals surface area contributed by atoms with Crippen molar-refractivity contribution >= 4 is 11.4 Å². The molecule has 0 bridgehead atoms. The second-order valence-electron chi connectivity index (χ2n) is 8.68. The molecule has 6 nitrogen and oxygen atoms in total. The van der Waals surface area contributed by atoms with E-state index in [2.05, 4.69) is 41.7 Å². The van der Waals surface area contributed by atoms with Crippen molar-refractivity contribution in [2.24, 2.45) is 0 Å². The summed E-state index contributed by atoms with van der Waals surface area (Å²) in [4.78, 5) is 11.0. The third-order valence-electron chi connectivity index (χ3n) is 6.62. The number of hydrogen-bond donors (Lipinski definition) is 1. The molecule has 1 aliphatic heterocycles. The lowest BCUT2D eigenvalue weighted by Gasteiger charge is -2.44. The number of ether oxygens (including phenoxy) is 1. The molecule has 4 aromatic carbocycles. The maximum Gasteiger partial charge on any atom is 0.271 e. The van der Waals surface area contributed by atoms with E-state index < -0.39 is 11.8 Å². The monoisotopic (exact) mass is 473 g/mol. The first-order valence-electron chi connectivity index (χ1n) is 11.7. The number of fused-ring (bicyclic) bond motifs is 1. The van der Waals surface area contributed by atoms with Crippen LogP contribution in [0.1, 0.15) is 28.6 Å². The van der Waals surface area contributed by atoms with Gasteiger partial charge in [0, 0.05) is 29.6 Å². The van der Waals surface area contributed by atoms with Gasteiger partial charge in [0.15, 0.2) is 6.23 Å². The van der Waals surface area contributed by atoms with Crippen molar-refractivity contribution in [1.29, 1.82) is 0 Å². The molecule has 0 aliphatic carbocycles. The first kappa shape index (κ1) is 21.8. The molecule has 1 aliphatic rings. The summed E-state index contributed by atoms with van der Waals surface area (Å²) in [6.07, 6.45) is 1.36. The van der Waals surface area contributed by atoms with Crippen molar-refractivity contribution < 1.29 is 9.66 Å². The molecule has 0 spiro atoms. The van der Waals surface area contributed by atoms with E-state index in [9.17, 15) is 10.1 Å². The van der Waals surface area contributed by atoms with Crippen molar-refractivity contribution in [2.75, 3.05) is 5.32 Å². The molecule has 2 heterocycles. The number of aromatic nitrogens is 1. The van der Waals surface area contributed by atoms with Crippen molar-refractivity contribution in [3.63, 3.8) is 0 Å². The van der Waals surface area contributed by atoms with Gasteiger partial charge in [-0.15, -0.1) is 0 Å². The van der Waals surface area contributed by atoms with Gasteiger partial charge in [0.1, 0.15) is 5.60 Å². The predicted octanol–water partition coefficient (Wildman–Crippen LogP) is 6.82. The molecule has 5 aromatic rings. The number of para-hydroxylation sites is 1. The normalized spacial score (nSPS) is 16.1. The molecule has 1 aromatic heterocycles. The number of nitro benzene ring substituents is 1. The number of hydrogen-bond acceptors (Lipinski definition) is 4. The zero-order valence-electron chi connectivity index (χ0n) is 19.3. The summed E-state index contributed by atoms with van der Waals surface area (Å²) in [7, 11) is 0. The van der Waals surface area contributed by atoms with E-state index in [4.69, 9.17) is 4.74 Å². The Morgan fingerprint density at radius 2 is 1.44 bits per heavy atom. The van der Waals surface area contributed by atoms with Gasteiger partial charge in [-0.05, 0) is 35.4 Å². The van der Waals surface area contributed by atoms with E-state index in [0.717, 1.165) is 28.1 Å². The Kier molecular flexibility index (Phi) is 5.36. The molecule has 6 rings (SSSR count). The molecule has 1 atom stereocenters. The van der Waals surface area contributed by atoms with Crippen molar-refractivity contribution in [2.45, 2.75) is 11.8 Å². The number of nitro groups is 1. The summed E-state index contributed by atoms with van der Waals surface area (Å²) in [5.41, 5.74) is 4.72. The van der Waals surface area contributed by atoms with Crippen molar-refractivity contribution in [1.82, 2.24) is 4.57 Å². The van der Waals surface area contributed by atoms with E-state index in [1.807, 2.05) is 77.5 Å². The van der Waals surface area contributed by atoms with Gasteiger partial charge in [-0.3, -0.25) is 10.1 Å². The molecule has 0 radical (unpaired) electrons. The van der Waals surface area contributed by atoms with Crippen LogP contribution in [0.4, 0.5) is 11.4 Å². The summed E-state index contributed by atoms with van der Waals surface area (Å²) < 4.78 is 9.02. The van der Waals surface area contributed by atoms with E-state index in [1.165, 1.54) is 6.07 Å². The Morgan fingerprint density at radius 3 is 2.14 bits per heavy atom. The summed E-state index contributed by atoms with van der Waals surface area (Å²) in [6.45, 7) is 0. The lowest BCUT2D eigenvalue weighted by Crippen LogP contribution is -2.41. The molecule has 0 saturated heterocycles. The summed E-state index contributed by atoms with van der Waals surface area (Å²) in [5.74, 6) is 0. The highest BCUT2D eigenvalue weighted by Crippen LogP contribution is 2.50. The third kappa shape index (κ3) is 3.56. The van der Waals surface area contributed by atoms with Crippen molar-refractivity contribution in [3.05, 3.63) is 160 Å². The van der Waals surface area contributed by atoms with Crippen LogP contribution in [0.25, 0.3) is 5.69 Å². The quantitative estimate of drug-likeness (QED) is 0.225. The number of nitrogens with one attached hydrogen (secondary N) is 1. The average Bonchev–Trinajstić information content (AvgIpc) is 3.44. The number of non-ortho nitro benzene ring substituents is 1. The van der Waals surface area contributed by atoms with Gasteiger partial charge in [-0.2, -0.15) is 0 Å². The third-order valence-corrected chi connectivity index (χ3v) is 6.62. The molecule has 0 fully saturated rings. The zero-order chi connectivity index (χ0) is 24.5. The maximum absolute atomic E-state index is 11.4. The highest BCUT2D eigenvalue weighted by molar-refractivity contribution is 5.63. The molecular formula is C30H23N3O3. The Balaban J connectivity index is 1.55. The second-order valence-corrected chi connectivity index (χ2v) is 8.68. The van der Waals surface area contributed by atoms with Gasteiger partial charge >= 0.3 is 0 Å². The molecule has 1 N–H and O–H groups in total. The Labute approximate surface area is 208 Å². The van der Waals surface area contributed by atoms with E-state index in [-0.39, 0.29) is 10.6 Å². The van der Waals surface area contributed by atoms with Crippen LogP contribution in [0, 0.1) is 10.1 Å². The van der Waals surface area contributed by atoms with Crippen LogP contribution in [-0.4, -0.2) is 9.49 Å². The van der Waals surface area contributed by atoms with Gasteiger partial charge < -0.3 is 14.6 Å². The minimum absolute atomic E-state index is 0.0398. The van der Waals surface area contributed by atoms with Crippen LogP contribution in [0.3, 0.4) is 0 Å². The van der Waals surface area contributed by atoms with Crippen molar-refractivity contribution in [3.8, 4) is 5.69 Å².